The molecule has 0 aliphatic carbocycles. The van der Waals surface area contributed by atoms with E-state index >= 15 is 9.36 Å². The van der Waals surface area contributed by atoms with Crippen LogP contribution in [0.1, 0.15) is 77.8 Å². The number of rotatable bonds is 20. The molecule has 12 rings (SSSR count). The summed E-state index contributed by atoms with van der Waals surface area (Å²) in [5, 5.41) is 18.5. The van der Waals surface area contributed by atoms with Crippen LogP contribution in [0.15, 0.2) is 176 Å². The highest BCUT2D eigenvalue weighted by Gasteiger charge is 2.69. The molecule has 17 nitrogen and oxygen atoms in total. The van der Waals surface area contributed by atoms with Crippen molar-refractivity contribution >= 4 is 68.9 Å². The van der Waals surface area contributed by atoms with E-state index in [2.05, 4.69) is 40.6 Å². The van der Waals surface area contributed by atoms with Gasteiger partial charge in [0.05, 0.1) is 52.8 Å². The Labute approximate surface area is 480 Å². The van der Waals surface area contributed by atoms with Crippen LogP contribution >= 0.6 is 7.75 Å². The molecular weight excluding hydrogens is 1070 g/mol. The molecular formula is C65H61N8O9P. The van der Waals surface area contributed by atoms with Crippen molar-refractivity contribution in [2.45, 2.75) is 75.8 Å². The highest BCUT2D eigenvalue weighted by Crippen LogP contribution is 2.62. The minimum absolute atomic E-state index is 0.0781. The summed E-state index contributed by atoms with van der Waals surface area (Å²) in [5.41, 5.74) is 0.469. The number of fused-ring (bicyclic) bond motifs is 3. The molecule has 0 radical (unpaired) electrons. The van der Waals surface area contributed by atoms with Crippen LogP contribution in [0.2, 0.25) is 0 Å². The number of ether oxygens (including phenoxy) is 4. The van der Waals surface area contributed by atoms with E-state index in [1.807, 2.05) is 143 Å². The van der Waals surface area contributed by atoms with Gasteiger partial charge in [-0.2, -0.15) is 5.26 Å². The van der Waals surface area contributed by atoms with Gasteiger partial charge >= 0.3 is 7.75 Å². The van der Waals surface area contributed by atoms with Gasteiger partial charge in [0.15, 0.2) is 23.2 Å². The second-order valence-electron chi connectivity index (χ2n) is 21.4. The Morgan fingerprint density at radius 1 is 0.759 bits per heavy atom. The number of nitriles is 1. The number of carbonyl (C=O) groups excluding carboxylic acids is 2. The van der Waals surface area contributed by atoms with Gasteiger partial charge in [0.25, 0.3) is 11.8 Å². The van der Waals surface area contributed by atoms with Gasteiger partial charge in [0, 0.05) is 23.2 Å². The van der Waals surface area contributed by atoms with E-state index in [1.54, 1.807) is 52.6 Å². The number of imidazole rings is 1. The van der Waals surface area contributed by atoms with Crippen molar-refractivity contribution < 1.29 is 42.1 Å². The predicted molar refractivity (Wildman–Crippen MR) is 317 cm³/mol. The molecule has 0 saturated carbocycles. The third-order valence-corrected chi connectivity index (χ3v) is 18.4. The number of methoxy groups -OCH3 is 2. The third kappa shape index (κ3) is 9.61. The Morgan fingerprint density at radius 3 is 1.99 bits per heavy atom. The number of anilines is 1. The van der Waals surface area contributed by atoms with Crippen molar-refractivity contribution in [2.24, 2.45) is 0 Å². The van der Waals surface area contributed by atoms with Crippen LogP contribution < -0.4 is 14.8 Å². The summed E-state index contributed by atoms with van der Waals surface area (Å²) in [5.74, 6) is 0.643. The first-order valence-corrected chi connectivity index (χ1v) is 29.1. The van der Waals surface area contributed by atoms with Crippen molar-refractivity contribution in [3.05, 3.63) is 204 Å². The lowest BCUT2D eigenvalue weighted by atomic mass is 9.79. The average molecular weight is 1130 g/mol. The molecule has 10 aromatic rings. The van der Waals surface area contributed by atoms with Crippen molar-refractivity contribution in [1.29, 1.82) is 5.26 Å². The number of nitrogens with zero attached hydrogens (tertiary/aromatic N) is 7. The zero-order valence-corrected chi connectivity index (χ0v) is 47.6. The molecule has 1 unspecified atom stereocenters. The van der Waals surface area contributed by atoms with E-state index in [0.29, 0.717) is 22.6 Å². The van der Waals surface area contributed by atoms with Crippen LogP contribution in [-0.2, 0) is 28.7 Å². The summed E-state index contributed by atoms with van der Waals surface area (Å²) >= 11 is 0. The molecule has 2 aliphatic rings. The van der Waals surface area contributed by atoms with Gasteiger partial charge in [-0.3, -0.25) is 23.2 Å². The molecule has 2 amide bonds. The SMILES string of the molecule is COc1ccc(C(OC[C@]23CN(C(=O)c4ccc5ccc6cccc7ccc4c5c67)[C@H]([C@H](n4cnc5c(NC(=O)c6ccccc6)ncnc54)O2)[C@H]3OP(=O)(OCCC#N)N(C(C)C)C(C)C)(c2ccccc2)c2ccc(OC)cc2)cc1. The van der Waals surface area contributed by atoms with Crippen molar-refractivity contribution in [3.8, 4) is 17.6 Å². The third-order valence-electron chi connectivity index (χ3n) is 16.0. The molecule has 8 aromatic carbocycles. The molecule has 2 saturated heterocycles. The van der Waals surface area contributed by atoms with Gasteiger partial charge < -0.3 is 29.2 Å². The summed E-state index contributed by atoms with van der Waals surface area (Å²) in [6, 6.07) is 52.3. The molecule has 5 atom stereocenters. The number of carbonyl (C=O) groups is 2. The van der Waals surface area contributed by atoms with Gasteiger partial charge in [-0.1, -0.05) is 121 Å². The van der Waals surface area contributed by atoms with Crippen LogP contribution in [0.3, 0.4) is 0 Å². The smallest absolute Gasteiger partial charge is 0.409 e. The molecule has 18 heteroatoms. The van der Waals surface area contributed by atoms with Crippen molar-refractivity contribution in [3.63, 3.8) is 0 Å². The van der Waals surface area contributed by atoms with Crippen LogP contribution in [0.5, 0.6) is 11.5 Å². The van der Waals surface area contributed by atoms with E-state index in [-0.39, 0.29) is 49.1 Å². The summed E-state index contributed by atoms with van der Waals surface area (Å²) in [6.07, 6.45) is 0.318. The molecule has 2 aliphatic heterocycles. The minimum atomic E-state index is -4.48. The molecule has 420 valence electrons. The molecule has 83 heavy (non-hydrogen) atoms. The van der Waals surface area contributed by atoms with E-state index in [1.165, 1.54) is 12.7 Å². The van der Waals surface area contributed by atoms with Crippen LogP contribution in [0, 0.1) is 11.3 Å². The van der Waals surface area contributed by atoms with Gasteiger partial charge in [-0.05, 0) is 119 Å². The van der Waals surface area contributed by atoms with E-state index in [9.17, 15) is 10.1 Å². The number of nitrogens with one attached hydrogen (secondary N) is 1. The number of aromatic nitrogens is 4. The maximum Gasteiger partial charge on any atom is 0.409 e. The first kappa shape index (κ1) is 55.0. The lowest BCUT2D eigenvalue weighted by Gasteiger charge is -2.42. The van der Waals surface area contributed by atoms with Crippen molar-refractivity contribution in [2.75, 3.05) is 39.3 Å². The summed E-state index contributed by atoms with van der Waals surface area (Å²) in [4.78, 5) is 45.8. The van der Waals surface area contributed by atoms with Crippen LogP contribution in [0.4, 0.5) is 5.82 Å². The first-order chi connectivity index (χ1) is 40.3. The molecule has 1 N–H and O–H groups in total. The monoisotopic (exact) mass is 1130 g/mol. The highest BCUT2D eigenvalue weighted by molar-refractivity contribution is 7.51. The van der Waals surface area contributed by atoms with Gasteiger partial charge in [0.2, 0.25) is 0 Å². The maximum atomic E-state index is 16.4. The van der Waals surface area contributed by atoms with E-state index in [0.717, 1.165) is 49.0 Å². The van der Waals surface area contributed by atoms with Gasteiger partial charge in [-0.25, -0.2) is 24.2 Å². The van der Waals surface area contributed by atoms with Gasteiger partial charge in [0.1, 0.15) is 41.2 Å². The fourth-order valence-electron chi connectivity index (χ4n) is 12.4. The lowest BCUT2D eigenvalue weighted by molar-refractivity contribution is -0.171. The molecule has 2 bridgehead atoms. The molecule has 2 fully saturated rings. The van der Waals surface area contributed by atoms with E-state index < -0.39 is 55.3 Å². The summed E-state index contributed by atoms with van der Waals surface area (Å²) < 4.78 is 60.2. The number of morpholine rings is 1. The molecule has 4 heterocycles. The van der Waals surface area contributed by atoms with Gasteiger partial charge in [-0.15, -0.1) is 0 Å². The maximum absolute atomic E-state index is 16.4. The number of hydrogen-bond donors (Lipinski definition) is 1. The van der Waals surface area contributed by atoms with Crippen LogP contribution in [0.25, 0.3) is 43.5 Å². The topological polar surface area (TPSA) is 192 Å². The Hall–Kier alpha value is -8.59. The second kappa shape index (κ2) is 22.3. The Morgan fingerprint density at radius 2 is 1.36 bits per heavy atom. The Balaban J connectivity index is 1.08. The largest absolute Gasteiger partial charge is 0.497 e. The molecule has 2 aromatic heterocycles. The van der Waals surface area contributed by atoms with Crippen molar-refractivity contribution in [1.82, 2.24) is 29.1 Å². The first-order valence-electron chi connectivity index (χ1n) is 27.6. The van der Waals surface area contributed by atoms with E-state index in [4.69, 9.17) is 38.0 Å². The standard InChI is InChI=1S/C65H61N8O9P/c1-41(2)73(42(3)4)83(76,80-36-14-35-66)82-58-57-63(72-40-69-56-59(67-39-68-60(56)72)70-61(74)46-15-9-7-10-16-46)81-64(58,37-71(57)62(75)53-34-24-45-22-21-43-17-13-18-44-23-33-52(53)55(45)54(43)44)38-79-65(47-19-11-8-12-20-47,48-25-29-50(77-5)30-26-48)49-27-31-51(78-6)32-28-49/h7-13,15-34,39-42,57-58,63H,14,36-38H2,1-6H3,(H,67,68,70,74)/t57-,58+,63+,64-,83?/m0/s1. The quantitative estimate of drug-likeness (QED) is 0.0328. The van der Waals surface area contributed by atoms with Crippen LogP contribution in [-0.4, -0.2) is 105 Å². The normalized spacial score (nSPS) is 18.7. The fourth-order valence-corrected chi connectivity index (χ4v) is 14.7. The predicted octanol–water partition coefficient (Wildman–Crippen LogP) is 12.3. The minimum Gasteiger partial charge on any atom is -0.497 e. The average Bonchev–Trinajstić information content (AvgIpc) is 3.76. The number of hydrogen-bond acceptors (Lipinski definition) is 13. The number of amides is 2. The lowest BCUT2D eigenvalue weighted by Crippen LogP contribution is -2.52. The molecule has 0 spiro atoms. The zero-order chi connectivity index (χ0) is 57.6. The zero-order valence-electron chi connectivity index (χ0n) is 46.7. The Bertz CT molecular complexity index is 4030. The second-order valence-corrected chi connectivity index (χ2v) is 23.3. The summed E-state index contributed by atoms with van der Waals surface area (Å²) in [7, 11) is -1.26. The summed E-state index contributed by atoms with van der Waals surface area (Å²) in [6.45, 7) is 6.97. The number of benzene rings is 8. The Kier molecular flexibility index (Phi) is 14.8. The number of likely N-dealkylation sites (tertiary alicyclic amines) is 1. The highest BCUT2D eigenvalue weighted by atomic mass is 31.2. The fraction of sp³-hybridized carbons (Fsp3) is 0.262.